The molecule has 1 aromatic heterocycles. The van der Waals surface area contributed by atoms with Gasteiger partial charge in [0.1, 0.15) is 0 Å². The summed E-state index contributed by atoms with van der Waals surface area (Å²) in [7, 11) is 0. The fraction of sp³-hybridized carbons (Fsp3) is 0.316. The highest BCUT2D eigenvalue weighted by atomic mass is 15.2. The van der Waals surface area contributed by atoms with Crippen LogP contribution in [0.5, 0.6) is 0 Å². The number of nitrogens with zero attached hydrogens (tertiary/aromatic N) is 2. The van der Waals surface area contributed by atoms with Crippen LogP contribution in [0.15, 0.2) is 54.6 Å². The van der Waals surface area contributed by atoms with Gasteiger partial charge < -0.3 is 15.6 Å². The maximum Gasteiger partial charge on any atom is 0.201 e. The lowest BCUT2D eigenvalue weighted by atomic mass is 9.94. The van der Waals surface area contributed by atoms with Gasteiger partial charge in [-0.1, -0.05) is 42.5 Å². The molecule has 3 aromatic rings. The summed E-state index contributed by atoms with van der Waals surface area (Å²) in [6, 6.07) is 19.8. The third kappa shape index (κ3) is 2.82. The molecule has 0 aliphatic carbocycles. The molecule has 4 nitrogen and oxygen atoms in total. The predicted octanol–water partition coefficient (Wildman–Crippen LogP) is 3.15. The molecule has 1 saturated heterocycles. The Kier molecular flexibility index (Phi) is 3.75. The van der Waals surface area contributed by atoms with E-state index in [1.54, 1.807) is 0 Å². The van der Waals surface area contributed by atoms with E-state index >= 15 is 0 Å². The molecule has 0 bridgehead atoms. The minimum atomic E-state index is 0.414. The van der Waals surface area contributed by atoms with Crippen LogP contribution in [0.1, 0.15) is 24.4 Å². The van der Waals surface area contributed by atoms with Crippen molar-refractivity contribution in [2.45, 2.75) is 31.3 Å². The molecule has 118 valence electrons. The zero-order valence-corrected chi connectivity index (χ0v) is 13.2. The fourth-order valence-corrected chi connectivity index (χ4v) is 3.72. The minimum Gasteiger partial charge on any atom is -0.369 e. The highest BCUT2D eigenvalue weighted by Crippen LogP contribution is 2.30. The number of para-hydroxylation sites is 2. The highest BCUT2D eigenvalue weighted by molar-refractivity contribution is 5.78. The molecule has 1 aliphatic heterocycles. The molecular weight excluding hydrogens is 284 g/mol. The molecule has 1 fully saturated rings. The largest absolute Gasteiger partial charge is 0.369 e. The number of benzene rings is 2. The van der Waals surface area contributed by atoms with Gasteiger partial charge in [-0.15, -0.1) is 0 Å². The van der Waals surface area contributed by atoms with Gasteiger partial charge in [0.15, 0.2) is 0 Å². The molecule has 2 atom stereocenters. The van der Waals surface area contributed by atoms with E-state index in [1.807, 2.05) is 12.1 Å². The molecule has 0 radical (unpaired) electrons. The molecule has 0 saturated carbocycles. The summed E-state index contributed by atoms with van der Waals surface area (Å²) in [5.41, 5.74) is 9.73. The van der Waals surface area contributed by atoms with Crippen LogP contribution in [0, 0.1) is 0 Å². The van der Waals surface area contributed by atoms with E-state index in [2.05, 4.69) is 57.3 Å². The van der Waals surface area contributed by atoms with Crippen molar-refractivity contribution < 1.29 is 0 Å². The number of rotatable bonds is 3. The first-order valence-electron chi connectivity index (χ1n) is 8.31. The van der Waals surface area contributed by atoms with Gasteiger partial charge in [0.2, 0.25) is 5.95 Å². The first kappa shape index (κ1) is 14.3. The van der Waals surface area contributed by atoms with Crippen LogP contribution in [-0.2, 0) is 6.42 Å². The Hall–Kier alpha value is -2.33. The van der Waals surface area contributed by atoms with Gasteiger partial charge in [-0.05, 0) is 43.5 Å². The predicted molar refractivity (Wildman–Crippen MR) is 94.4 cm³/mol. The molecule has 4 heteroatoms. The number of piperidine rings is 1. The zero-order valence-electron chi connectivity index (χ0n) is 13.2. The van der Waals surface area contributed by atoms with Crippen molar-refractivity contribution in [3.63, 3.8) is 0 Å². The van der Waals surface area contributed by atoms with Gasteiger partial charge >= 0.3 is 0 Å². The summed E-state index contributed by atoms with van der Waals surface area (Å²) < 4.78 is 2.23. The van der Waals surface area contributed by atoms with Crippen LogP contribution >= 0.6 is 0 Å². The first-order valence-corrected chi connectivity index (χ1v) is 8.31. The van der Waals surface area contributed by atoms with Gasteiger partial charge in [-0.25, -0.2) is 4.98 Å². The van der Waals surface area contributed by atoms with Crippen molar-refractivity contribution in [2.75, 3.05) is 12.3 Å². The van der Waals surface area contributed by atoms with Crippen LogP contribution in [-0.4, -0.2) is 22.1 Å². The number of aromatic nitrogens is 2. The van der Waals surface area contributed by atoms with Crippen LogP contribution in [0.2, 0.25) is 0 Å². The normalized spacial score (nSPS) is 21.6. The number of nitrogen functional groups attached to an aromatic ring is 1. The molecule has 2 unspecified atom stereocenters. The molecule has 4 rings (SSSR count). The fourth-order valence-electron chi connectivity index (χ4n) is 3.72. The van der Waals surface area contributed by atoms with Crippen molar-refractivity contribution >= 4 is 17.0 Å². The average Bonchev–Trinajstić information content (AvgIpc) is 2.92. The maximum atomic E-state index is 6.21. The lowest BCUT2D eigenvalue weighted by Gasteiger charge is -2.32. The van der Waals surface area contributed by atoms with Crippen LogP contribution in [0.4, 0.5) is 5.95 Å². The molecule has 2 aromatic carbocycles. The van der Waals surface area contributed by atoms with Gasteiger partial charge in [0.25, 0.3) is 0 Å². The highest BCUT2D eigenvalue weighted by Gasteiger charge is 2.25. The second-order valence-electron chi connectivity index (χ2n) is 6.35. The third-order valence-electron chi connectivity index (χ3n) is 4.78. The molecule has 0 spiro atoms. The minimum absolute atomic E-state index is 0.414. The summed E-state index contributed by atoms with van der Waals surface area (Å²) in [4.78, 5) is 4.52. The number of anilines is 1. The Bertz CT molecular complexity index is 793. The first-order chi connectivity index (χ1) is 11.3. The van der Waals surface area contributed by atoms with Gasteiger partial charge in [0.05, 0.1) is 11.0 Å². The Labute approximate surface area is 136 Å². The van der Waals surface area contributed by atoms with E-state index in [4.69, 9.17) is 5.73 Å². The smallest absolute Gasteiger partial charge is 0.201 e. The second-order valence-corrected chi connectivity index (χ2v) is 6.35. The lowest BCUT2D eigenvalue weighted by molar-refractivity contribution is 0.306. The second kappa shape index (κ2) is 6.05. The summed E-state index contributed by atoms with van der Waals surface area (Å²) in [6.07, 6.45) is 3.24. The summed E-state index contributed by atoms with van der Waals surface area (Å²) >= 11 is 0. The average molecular weight is 306 g/mol. The summed E-state index contributed by atoms with van der Waals surface area (Å²) in [5.74, 6) is 0.636. The van der Waals surface area contributed by atoms with Crippen molar-refractivity contribution in [3.05, 3.63) is 60.2 Å². The molecule has 23 heavy (non-hydrogen) atoms. The Morgan fingerprint density at radius 3 is 2.74 bits per heavy atom. The van der Waals surface area contributed by atoms with Crippen LogP contribution in [0.25, 0.3) is 11.0 Å². The molecular formula is C19H22N4. The van der Waals surface area contributed by atoms with Crippen molar-refractivity contribution in [1.29, 1.82) is 0 Å². The van der Waals surface area contributed by atoms with Gasteiger partial charge in [-0.3, -0.25) is 0 Å². The van der Waals surface area contributed by atoms with E-state index in [9.17, 15) is 0 Å². The number of nitrogens with one attached hydrogen (secondary N) is 1. The summed E-state index contributed by atoms with van der Waals surface area (Å²) in [6.45, 7) is 1.02. The standard InChI is InChI=1S/C19H22N4/c20-19-22-17-8-4-5-9-18(17)23(19)16-10-11-21-15(13-16)12-14-6-2-1-3-7-14/h1-9,15-16,21H,10-13H2,(H2,20,22). The Balaban J connectivity index is 1.58. The van der Waals surface area contributed by atoms with E-state index in [-0.39, 0.29) is 0 Å². The number of imidazole rings is 1. The van der Waals surface area contributed by atoms with Gasteiger partial charge in [-0.2, -0.15) is 0 Å². The van der Waals surface area contributed by atoms with E-state index < -0.39 is 0 Å². The topological polar surface area (TPSA) is 55.9 Å². The number of fused-ring (bicyclic) bond motifs is 1. The Morgan fingerprint density at radius 1 is 1.09 bits per heavy atom. The van der Waals surface area contributed by atoms with E-state index in [0.717, 1.165) is 36.8 Å². The maximum absolute atomic E-state index is 6.21. The SMILES string of the molecule is Nc1nc2ccccc2n1C1CCNC(Cc2ccccc2)C1. The quantitative estimate of drug-likeness (QED) is 0.781. The van der Waals surface area contributed by atoms with E-state index in [0.29, 0.717) is 18.0 Å². The van der Waals surface area contributed by atoms with E-state index in [1.165, 1.54) is 5.56 Å². The van der Waals surface area contributed by atoms with Gasteiger partial charge in [0, 0.05) is 12.1 Å². The number of nitrogens with two attached hydrogens (primary N) is 1. The lowest BCUT2D eigenvalue weighted by Crippen LogP contribution is -2.40. The number of hydrogen-bond acceptors (Lipinski definition) is 3. The third-order valence-corrected chi connectivity index (χ3v) is 4.78. The van der Waals surface area contributed by atoms with Crippen molar-refractivity contribution in [1.82, 2.24) is 14.9 Å². The molecule has 2 heterocycles. The zero-order chi connectivity index (χ0) is 15.6. The van der Waals surface area contributed by atoms with Crippen molar-refractivity contribution in [2.24, 2.45) is 0 Å². The summed E-state index contributed by atoms with van der Waals surface area (Å²) in [5, 5.41) is 3.65. The van der Waals surface area contributed by atoms with Crippen LogP contribution in [0.3, 0.4) is 0 Å². The molecule has 3 N–H and O–H groups in total. The number of hydrogen-bond donors (Lipinski definition) is 2. The molecule has 0 amide bonds. The van der Waals surface area contributed by atoms with Crippen molar-refractivity contribution in [3.8, 4) is 0 Å². The Morgan fingerprint density at radius 2 is 1.87 bits per heavy atom. The van der Waals surface area contributed by atoms with Crippen LogP contribution < -0.4 is 11.1 Å². The molecule has 1 aliphatic rings. The monoisotopic (exact) mass is 306 g/mol.